The zero-order chi connectivity index (χ0) is 13.4. The van der Waals surface area contributed by atoms with Gasteiger partial charge in [-0.05, 0) is 38.5 Å². The first-order chi connectivity index (χ1) is 8.61. The van der Waals surface area contributed by atoms with Crippen LogP contribution >= 0.6 is 0 Å². The van der Waals surface area contributed by atoms with Gasteiger partial charge in [0.25, 0.3) is 0 Å². The number of rotatable bonds is 7. The molecule has 0 aromatic carbocycles. The van der Waals surface area contributed by atoms with E-state index in [0.717, 1.165) is 19.3 Å². The molecule has 3 unspecified atom stereocenters. The number of hydrogen-bond acceptors (Lipinski definition) is 2. The lowest BCUT2D eigenvalue weighted by molar-refractivity contribution is -0.122. The van der Waals surface area contributed by atoms with E-state index < -0.39 is 0 Å². The van der Waals surface area contributed by atoms with Crippen LogP contribution in [0.5, 0.6) is 0 Å². The van der Waals surface area contributed by atoms with Gasteiger partial charge in [-0.1, -0.05) is 32.6 Å². The molecule has 1 aliphatic carbocycles. The number of hydrogen-bond donors (Lipinski definition) is 2. The van der Waals surface area contributed by atoms with Crippen molar-refractivity contribution in [3.05, 3.63) is 0 Å². The first-order valence-corrected chi connectivity index (χ1v) is 7.66. The summed E-state index contributed by atoms with van der Waals surface area (Å²) in [5.41, 5.74) is 5.95. The van der Waals surface area contributed by atoms with Gasteiger partial charge in [-0.2, -0.15) is 0 Å². The lowest BCUT2D eigenvalue weighted by atomic mass is 9.84. The Balaban J connectivity index is 2.15. The van der Waals surface area contributed by atoms with Gasteiger partial charge < -0.3 is 11.1 Å². The van der Waals surface area contributed by atoms with Crippen molar-refractivity contribution in [3.63, 3.8) is 0 Å². The minimum Gasteiger partial charge on any atom is -0.354 e. The molecule has 0 aliphatic heterocycles. The summed E-state index contributed by atoms with van der Waals surface area (Å²) in [6, 6.07) is 0.639. The van der Waals surface area contributed by atoms with Crippen LogP contribution in [0.4, 0.5) is 0 Å². The second kappa shape index (κ2) is 8.52. The van der Waals surface area contributed by atoms with E-state index in [0.29, 0.717) is 24.4 Å². The van der Waals surface area contributed by atoms with Crippen LogP contribution < -0.4 is 11.1 Å². The Hall–Kier alpha value is -0.570. The van der Waals surface area contributed by atoms with Crippen LogP contribution in [0, 0.1) is 5.92 Å². The molecule has 1 rings (SSSR count). The maximum absolute atomic E-state index is 11.9. The van der Waals surface area contributed by atoms with Gasteiger partial charge in [0.1, 0.15) is 0 Å². The van der Waals surface area contributed by atoms with E-state index in [9.17, 15) is 4.79 Å². The molecule has 3 atom stereocenters. The van der Waals surface area contributed by atoms with Crippen LogP contribution in [0.3, 0.4) is 0 Å². The highest BCUT2D eigenvalue weighted by atomic mass is 16.1. The predicted molar refractivity (Wildman–Crippen MR) is 76.3 cm³/mol. The highest BCUT2D eigenvalue weighted by molar-refractivity contribution is 5.76. The summed E-state index contributed by atoms with van der Waals surface area (Å²) >= 11 is 0. The Morgan fingerprint density at radius 1 is 1.39 bits per heavy atom. The number of nitrogens with two attached hydrogens (primary N) is 1. The fourth-order valence-corrected chi connectivity index (χ4v) is 2.89. The number of amides is 1. The van der Waals surface area contributed by atoms with Gasteiger partial charge in [0.05, 0.1) is 0 Å². The van der Waals surface area contributed by atoms with E-state index in [-0.39, 0.29) is 5.91 Å². The summed E-state index contributed by atoms with van der Waals surface area (Å²) in [6.45, 7) is 4.32. The first-order valence-electron chi connectivity index (χ1n) is 7.66. The lowest BCUT2D eigenvalue weighted by Gasteiger charge is -2.26. The highest BCUT2D eigenvalue weighted by Crippen LogP contribution is 2.25. The van der Waals surface area contributed by atoms with E-state index >= 15 is 0 Å². The molecule has 1 amide bonds. The smallest absolute Gasteiger partial charge is 0.220 e. The minimum atomic E-state index is 0.220. The number of carbonyl (C=O) groups excluding carboxylic acids is 1. The molecule has 0 heterocycles. The van der Waals surface area contributed by atoms with Gasteiger partial charge in [-0.3, -0.25) is 4.79 Å². The third-order valence-corrected chi connectivity index (χ3v) is 3.95. The molecule has 0 radical (unpaired) electrons. The molecule has 18 heavy (non-hydrogen) atoms. The number of nitrogens with one attached hydrogen (secondary N) is 1. The average molecular weight is 254 g/mol. The quantitative estimate of drug-likeness (QED) is 0.686. The highest BCUT2D eigenvalue weighted by Gasteiger charge is 2.21. The van der Waals surface area contributed by atoms with Gasteiger partial charge in [0, 0.05) is 18.5 Å². The summed E-state index contributed by atoms with van der Waals surface area (Å²) in [5.74, 6) is 0.731. The molecular formula is C15H30N2O. The zero-order valence-electron chi connectivity index (χ0n) is 12.1. The standard InChI is InChI=1S/C15H30N2O/c1-3-4-5-7-12(2)17-15(18)11-13-8-6-9-14(16)10-13/h12-14H,3-11,16H2,1-2H3,(H,17,18). The van der Waals surface area contributed by atoms with Crippen LogP contribution in [0.1, 0.15) is 71.6 Å². The Morgan fingerprint density at radius 3 is 2.83 bits per heavy atom. The molecular weight excluding hydrogens is 224 g/mol. The van der Waals surface area contributed by atoms with Crippen LogP contribution in [-0.2, 0) is 4.79 Å². The van der Waals surface area contributed by atoms with E-state index in [2.05, 4.69) is 19.2 Å². The first kappa shape index (κ1) is 15.5. The summed E-state index contributed by atoms with van der Waals surface area (Å²) in [5, 5.41) is 3.12. The van der Waals surface area contributed by atoms with Crippen molar-refractivity contribution in [2.45, 2.75) is 83.7 Å². The molecule has 0 aromatic heterocycles. The SMILES string of the molecule is CCCCCC(C)NC(=O)CC1CCCC(N)C1. The van der Waals surface area contributed by atoms with Crippen molar-refractivity contribution in [2.75, 3.05) is 0 Å². The van der Waals surface area contributed by atoms with Gasteiger partial charge in [-0.15, -0.1) is 0 Å². The number of carbonyl (C=O) groups is 1. The van der Waals surface area contributed by atoms with Crippen molar-refractivity contribution < 1.29 is 4.79 Å². The Bertz CT molecular complexity index is 243. The maximum atomic E-state index is 11.9. The van der Waals surface area contributed by atoms with Crippen molar-refractivity contribution in [1.82, 2.24) is 5.32 Å². The number of unbranched alkanes of at least 4 members (excludes halogenated alkanes) is 2. The fourth-order valence-electron chi connectivity index (χ4n) is 2.89. The van der Waals surface area contributed by atoms with Gasteiger partial charge in [0.2, 0.25) is 5.91 Å². The topological polar surface area (TPSA) is 55.1 Å². The summed E-state index contributed by atoms with van der Waals surface area (Å²) in [6.07, 6.45) is 10.00. The van der Waals surface area contributed by atoms with Crippen molar-refractivity contribution >= 4 is 5.91 Å². The lowest BCUT2D eigenvalue weighted by Crippen LogP contribution is -2.36. The Morgan fingerprint density at radius 2 is 2.17 bits per heavy atom. The van der Waals surface area contributed by atoms with E-state index in [1.165, 1.54) is 32.1 Å². The monoisotopic (exact) mass is 254 g/mol. The third-order valence-electron chi connectivity index (χ3n) is 3.95. The Kier molecular flexibility index (Phi) is 7.33. The fraction of sp³-hybridized carbons (Fsp3) is 0.933. The van der Waals surface area contributed by atoms with Crippen LogP contribution in [0.15, 0.2) is 0 Å². The molecule has 1 aliphatic rings. The third kappa shape index (κ3) is 6.39. The zero-order valence-corrected chi connectivity index (χ0v) is 12.1. The normalized spacial score (nSPS) is 25.7. The summed E-state index contributed by atoms with van der Waals surface area (Å²) < 4.78 is 0. The van der Waals surface area contributed by atoms with Crippen LogP contribution in [-0.4, -0.2) is 18.0 Å². The van der Waals surface area contributed by atoms with E-state index in [1.807, 2.05) is 0 Å². The molecule has 1 fully saturated rings. The van der Waals surface area contributed by atoms with Gasteiger partial charge >= 0.3 is 0 Å². The molecule has 0 spiro atoms. The van der Waals surface area contributed by atoms with Crippen molar-refractivity contribution in [2.24, 2.45) is 11.7 Å². The largest absolute Gasteiger partial charge is 0.354 e. The van der Waals surface area contributed by atoms with Gasteiger partial charge in [-0.25, -0.2) is 0 Å². The molecule has 1 saturated carbocycles. The molecule has 0 aromatic rings. The minimum absolute atomic E-state index is 0.220. The predicted octanol–water partition coefficient (Wildman–Crippen LogP) is 2.98. The van der Waals surface area contributed by atoms with E-state index in [1.54, 1.807) is 0 Å². The van der Waals surface area contributed by atoms with Crippen molar-refractivity contribution in [3.8, 4) is 0 Å². The molecule has 0 bridgehead atoms. The van der Waals surface area contributed by atoms with Crippen LogP contribution in [0.2, 0.25) is 0 Å². The summed E-state index contributed by atoms with van der Waals surface area (Å²) in [7, 11) is 0. The molecule has 106 valence electrons. The maximum Gasteiger partial charge on any atom is 0.220 e. The second-order valence-electron chi connectivity index (χ2n) is 5.96. The molecule has 3 nitrogen and oxygen atoms in total. The molecule has 0 saturated heterocycles. The van der Waals surface area contributed by atoms with Gasteiger partial charge in [0.15, 0.2) is 0 Å². The van der Waals surface area contributed by atoms with Crippen LogP contribution in [0.25, 0.3) is 0 Å². The average Bonchev–Trinajstić information content (AvgIpc) is 2.29. The second-order valence-corrected chi connectivity index (χ2v) is 5.96. The Labute approximate surface area is 112 Å². The van der Waals surface area contributed by atoms with Crippen molar-refractivity contribution in [1.29, 1.82) is 0 Å². The van der Waals surface area contributed by atoms with E-state index in [4.69, 9.17) is 5.73 Å². The summed E-state index contributed by atoms with van der Waals surface area (Å²) in [4.78, 5) is 11.9. The molecule has 3 N–H and O–H groups in total. The molecule has 3 heteroatoms.